The zero-order valence-corrected chi connectivity index (χ0v) is 23.6. The summed E-state index contributed by atoms with van der Waals surface area (Å²) in [7, 11) is -3.75. The van der Waals surface area contributed by atoms with Crippen LogP contribution in [0.3, 0.4) is 0 Å². The number of hydrogen-bond donors (Lipinski definition) is 2. The summed E-state index contributed by atoms with van der Waals surface area (Å²) in [5, 5.41) is 17.8. The molecule has 0 aromatic carbocycles. The summed E-state index contributed by atoms with van der Waals surface area (Å²) in [4.78, 5) is 17.7. The molecule has 12 nitrogen and oxygen atoms in total. The molecular formula is C26H33F2N9O3S. The first-order valence-corrected chi connectivity index (χ1v) is 15.5. The summed E-state index contributed by atoms with van der Waals surface area (Å²) in [6, 6.07) is 5.07. The number of aliphatic hydroxyl groups excluding tert-OH is 1. The van der Waals surface area contributed by atoms with Gasteiger partial charge in [-0.05, 0) is 56.2 Å². The van der Waals surface area contributed by atoms with Crippen LogP contribution >= 0.6 is 0 Å². The number of nitrogens with one attached hydrogen (secondary N) is 1. The van der Waals surface area contributed by atoms with E-state index in [0.29, 0.717) is 40.0 Å². The standard InChI is InChI=1S/C26H33F2N9O3S/c1-18-16-19(30-24(29-18)36-12-8-26(27,28)9-13-36)20-17-37(34-32-20)21-2-3-22(33-41(39,40)15-14-38)31-23(21)35-10-6-25(4-5-25)7-11-35/h2-3,16-17,38H,4-15H2,1H3,(H,31,33). The Hall–Kier alpha value is -3.46. The fourth-order valence-corrected chi connectivity index (χ4v) is 6.24. The van der Waals surface area contributed by atoms with E-state index in [1.807, 2.05) is 6.92 Å². The van der Waals surface area contributed by atoms with Gasteiger partial charge in [-0.1, -0.05) is 5.21 Å². The summed E-state index contributed by atoms with van der Waals surface area (Å²) in [6.45, 7) is 3.24. The fraction of sp³-hybridized carbons (Fsp3) is 0.577. The molecule has 2 aliphatic heterocycles. The van der Waals surface area contributed by atoms with Crippen LogP contribution in [-0.2, 0) is 10.0 Å². The van der Waals surface area contributed by atoms with Crippen molar-refractivity contribution in [2.45, 2.75) is 51.4 Å². The highest BCUT2D eigenvalue weighted by Crippen LogP contribution is 2.54. The predicted octanol–water partition coefficient (Wildman–Crippen LogP) is 2.78. The Morgan fingerprint density at radius 1 is 0.951 bits per heavy atom. The second-order valence-electron chi connectivity index (χ2n) is 11.3. The predicted molar refractivity (Wildman–Crippen MR) is 149 cm³/mol. The Morgan fingerprint density at radius 3 is 2.34 bits per heavy atom. The van der Waals surface area contributed by atoms with Crippen molar-refractivity contribution in [2.24, 2.45) is 5.41 Å². The number of piperidine rings is 2. The molecule has 3 aliphatic rings. The summed E-state index contributed by atoms with van der Waals surface area (Å²) in [6.07, 6.45) is 5.82. The van der Waals surface area contributed by atoms with E-state index < -0.39 is 28.3 Å². The van der Waals surface area contributed by atoms with Crippen LogP contribution in [0.2, 0.25) is 0 Å². The minimum atomic E-state index is -3.75. The highest BCUT2D eigenvalue weighted by Gasteiger charge is 2.45. The molecule has 2 N–H and O–H groups in total. The molecule has 3 aromatic heterocycles. The number of pyridine rings is 1. The van der Waals surface area contributed by atoms with Crippen molar-refractivity contribution < 1.29 is 22.3 Å². The van der Waals surface area contributed by atoms with E-state index in [9.17, 15) is 17.2 Å². The van der Waals surface area contributed by atoms with E-state index in [0.717, 1.165) is 25.9 Å². The quantitative estimate of drug-likeness (QED) is 0.403. The van der Waals surface area contributed by atoms with Crippen LogP contribution in [0.5, 0.6) is 0 Å². The van der Waals surface area contributed by atoms with E-state index in [1.54, 1.807) is 34.0 Å². The lowest BCUT2D eigenvalue weighted by molar-refractivity contribution is -0.0222. The molecule has 220 valence electrons. The van der Waals surface area contributed by atoms with Gasteiger partial charge in [0.2, 0.25) is 16.0 Å². The number of alkyl halides is 2. The molecule has 0 radical (unpaired) electrons. The molecule has 0 unspecified atom stereocenters. The van der Waals surface area contributed by atoms with Gasteiger partial charge in [0.05, 0.1) is 24.3 Å². The highest BCUT2D eigenvalue weighted by molar-refractivity contribution is 7.92. The van der Waals surface area contributed by atoms with Gasteiger partial charge in [0.25, 0.3) is 5.92 Å². The van der Waals surface area contributed by atoms with Gasteiger partial charge in [-0.15, -0.1) is 5.10 Å². The third-order valence-corrected chi connectivity index (χ3v) is 9.42. The van der Waals surface area contributed by atoms with E-state index in [1.165, 1.54) is 12.8 Å². The number of aromatic nitrogens is 6. The van der Waals surface area contributed by atoms with Gasteiger partial charge in [0.15, 0.2) is 5.82 Å². The zero-order valence-electron chi connectivity index (χ0n) is 22.8. The van der Waals surface area contributed by atoms with Crippen LogP contribution in [0.1, 0.15) is 44.2 Å². The van der Waals surface area contributed by atoms with Crippen molar-refractivity contribution in [1.82, 2.24) is 29.9 Å². The van der Waals surface area contributed by atoms with Crippen molar-refractivity contribution in [1.29, 1.82) is 0 Å². The van der Waals surface area contributed by atoms with Crippen LogP contribution in [0, 0.1) is 12.3 Å². The molecule has 5 heterocycles. The molecule has 3 fully saturated rings. The van der Waals surface area contributed by atoms with Crippen molar-refractivity contribution in [3.8, 4) is 17.1 Å². The Balaban J connectivity index is 1.30. The molecule has 41 heavy (non-hydrogen) atoms. The second kappa shape index (κ2) is 10.4. The molecule has 0 atom stereocenters. The maximum Gasteiger partial charge on any atom is 0.251 e. The number of sulfonamides is 1. The number of halogens is 2. The van der Waals surface area contributed by atoms with E-state index >= 15 is 0 Å². The first-order valence-electron chi connectivity index (χ1n) is 13.8. The average molecular weight is 590 g/mol. The van der Waals surface area contributed by atoms with Gasteiger partial charge < -0.3 is 14.9 Å². The van der Waals surface area contributed by atoms with E-state index in [4.69, 9.17) is 5.11 Å². The average Bonchev–Trinajstić information content (AvgIpc) is 3.48. The van der Waals surface area contributed by atoms with Gasteiger partial charge >= 0.3 is 0 Å². The maximum absolute atomic E-state index is 13.7. The molecule has 1 saturated carbocycles. The second-order valence-corrected chi connectivity index (χ2v) is 13.1. The molecule has 6 rings (SSSR count). The van der Waals surface area contributed by atoms with Crippen LogP contribution in [0.15, 0.2) is 24.4 Å². The smallest absolute Gasteiger partial charge is 0.251 e. The number of aryl methyl sites for hydroxylation is 1. The summed E-state index contributed by atoms with van der Waals surface area (Å²) in [5.41, 5.74) is 2.75. The van der Waals surface area contributed by atoms with Crippen LogP contribution in [-0.4, -0.2) is 87.9 Å². The third-order valence-electron chi connectivity index (χ3n) is 8.18. The monoisotopic (exact) mass is 589 g/mol. The van der Waals surface area contributed by atoms with E-state index in [-0.39, 0.29) is 31.7 Å². The number of aliphatic hydroxyl groups is 1. The first-order chi connectivity index (χ1) is 19.5. The van der Waals surface area contributed by atoms with Crippen molar-refractivity contribution in [3.63, 3.8) is 0 Å². The first kappa shape index (κ1) is 27.7. The molecule has 2 saturated heterocycles. The molecule has 1 spiro atoms. The summed E-state index contributed by atoms with van der Waals surface area (Å²) < 4.78 is 56.0. The summed E-state index contributed by atoms with van der Waals surface area (Å²) in [5.74, 6) is -1.97. The van der Waals surface area contributed by atoms with Crippen LogP contribution in [0.25, 0.3) is 17.1 Å². The zero-order chi connectivity index (χ0) is 28.8. The van der Waals surface area contributed by atoms with Crippen molar-refractivity contribution in [2.75, 3.05) is 53.1 Å². The Kier molecular flexibility index (Phi) is 7.04. The van der Waals surface area contributed by atoms with Crippen LogP contribution in [0.4, 0.5) is 26.4 Å². The SMILES string of the molecule is Cc1cc(-c2cn(-c3ccc(NS(=O)(=O)CCO)nc3N3CCC4(CC3)CC4)nn2)nc(N2CCC(F)(F)CC2)n1. The Bertz CT molecular complexity index is 1520. The minimum absolute atomic E-state index is 0.160. The highest BCUT2D eigenvalue weighted by atomic mass is 32.2. The number of hydrogen-bond acceptors (Lipinski definition) is 10. The largest absolute Gasteiger partial charge is 0.395 e. The van der Waals surface area contributed by atoms with Gasteiger partial charge in [-0.25, -0.2) is 36.8 Å². The van der Waals surface area contributed by atoms with E-state index in [2.05, 4.69) is 34.9 Å². The Labute approximate surface area is 236 Å². The molecular weight excluding hydrogens is 556 g/mol. The Morgan fingerprint density at radius 2 is 1.66 bits per heavy atom. The van der Waals surface area contributed by atoms with Crippen molar-refractivity contribution >= 4 is 27.6 Å². The van der Waals surface area contributed by atoms with Crippen LogP contribution < -0.4 is 14.5 Å². The third kappa shape index (κ3) is 6.10. The lowest BCUT2D eigenvalue weighted by Crippen LogP contribution is -2.40. The van der Waals surface area contributed by atoms with Gasteiger partial charge in [-0.3, -0.25) is 4.72 Å². The molecule has 15 heteroatoms. The van der Waals surface area contributed by atoms with Gasteiger partial charge in [0, 0.05) is 44.7 Å². The molecule has 0 bridgehead atoms. The lowest BCUT2D eigenvalue weighted by atomic mass is 9.94. The molecule has 1 aliphatic carbocycles. The molecule has 3 aromatic rings. The van der Waals surface area contributed by atoms with Gasteiger partial charge in [-0.2, -0.15) is 0 Å². The van der Waals surface area contributed by atoms with Crippen molar-refractivity contribution in [3.05, 3.63) is 30.1 Å². The minimum Gasteiger partial charge on any atom is -0.395 e. The lowest BCUT2D eigenvalue weighted by Gasteiger charge is -2.34. The number of nitrogens with zero attached hydrogens (tertiary/aromatic N) is 8. The summed E-state index contributed by atoms with van der Waals surface area (Å²) >= 11 is 0. The maximum atomic E-state index is 13.7. The number of anilines is 3. The van der Waals surface area contributed by atoms with Gasteiger partial charge in [0.1, 0.15) is 17.2 Å². The number of rotatable bonds is 8. The normalized spacial score (nSPS) is 19.9. The fourth-order valence-electron chi connectivity index (χ4n) is 5.47. The molecule has 0 amide bonds. The topological polar surface area (TPSA) is 142 Å².